The van der Waals surface area contributed by atoms with Crippen molar-refractivity contribution in [2.75, 3.05) is 11.5 Å². The number of Topliss-reactive ketones (excluding diaryl/α,β-unsaturated/α-hetero) is 1. The molecule has 1 aliphatic rings. The first kappa shape index (κ1) is 9.38. The van der Waals surface area contributed by atoms with Crippen LogP contribution in [0.4, 0.5) is 0 Å². The predicted octanol–water partition coefficient (Wildman–Crippen LogP) is -0.421. The van der Waals surface area contributed by atoms with Crippen LogP contribution in [0.1, 0.15) is 12.8 Å². The minimum atomic E-state index is -2.93. The summed E-state index contributed by atoms with van der Waals surface area (Å²) in [5.41, 5.74) is 0. The highest BCUT2D eigenvalue weighted by Crippen LogP contribution is 2.18. The standard InChI is InChI=1S/C7H10O4S/c8-5-7(9)6-1-3-12(10,11)4-2-6/h5-6H,1-4H2. The number of hydrogen-bond acceptors (Lipinski definition) is 4. The van der Waals surface area contributed by atoms with E-state index in [4.69, 9.17) is 0 Å². The van der Waals surface area contributed by atoms with Crippen molar-refractivity contribution in [1.82, 2.24) is 0 Å². The molecule has 0 spiro atoms. The van der Waals surface area contributed by atoms with E-state index in [0.717, 1.165) is 0 Å². The predicted molar refractivity (Wildman–Crippen MR) is 42.4 cm³/mol. The number of hydrogen-bond donors (Lipinski definition) is 0. The summed E-state index contributed by atoms with van der Waals surface area (Å²) >= 11 is 0. The Kier molecular flexibility index (Phi) is 2.62. The van der Waals surface area contributed by atoms with Crippen LogP contribution in [-0.4, -0.2) is 32.0 Å². The summed E-state index contributed by atoms with van der Waals surface area (Å²) in [5.74, 6) is -0.745. The van der Waals surface area contributed by atoms with Crippen LogP contribution in [0.2, 0.25) is 0 Å². The lowest BCUT2D eigenvalue weighted by Gasteiger charge is -2.17. The lowest BCUT2D eigenvalue weighted by Crippen LogP contribution is -2.28. The third-order valence-corrected chi connectivity index (χ3v) is 3.79. The number of ketones is 1. The maximum Gasteiger partial charge on any atom is 0.198 e. The second-order valence-electron chi connectivity index (χ2n) is 2.95. The fourth-order valence-corrected chi connectivity index (χ4v) is 2.76. The Labute approximate surface area is 70.9 Å². The van der Waals surface area contributed by atoms with Gasteiger partial charge in [0.2, 0.25) is 0 Å². The molecule has 0 unspecified atom stereocenters. The number of aldehydes is 1. The van der Waals surface area contributed by atoms with Crippen molar-refractivity contribution in [2.24, 2.45) is 5.92 Å². The Bertz CT molecular complexity index is 277. The van der Waals surface area contributed by atoms with Gasteiger partial charge in [-0.3, -0.25) is 9.59 Å². The molecule has 1 saturated heterocycles. The Hall–Kier alpha value is -0.710. The lowest BCUT2D eigenvalue weighted by molar-refractivity contribution is -0.132. The molecule has 0 radical (unpaired) electrons. The molecule has 1 heterocycles. The van der Waals surface area contributed by atoms with Gasteiger partial charge in [-0.2, -0.15) is 0 Å². The lowest BCUT2D eigenvalue weighted by atomic mass is 9.99. The van der Waals surface area contributed by atoms with E-state index in [1.165, 1.54) is 0 Å². The Morgan fingerprint density at radius 3 is 2.17 bits per heavy atom. The van der Waals surface area contributed by atoms with E-state index in [0.29, 0.717) is 12.8 Å². The molecule has 68 valence electrons. The SMILES string of the molecule is O=CC(=O)C1CCS(=O)(=O)CC1. The average molecular weight is 190 g/mol. The maximum absolute atomic E-state index is 10.9. The fourth-order valence-electron chi connectivity index (χ4n) is 1.27. The molecule has 0 atom stereocenters. The molecule has 0 aromatic heterocycles. The van der Waals surface area contributed by atoms with Crippen LogP contribution in [0.5, 0.6) is 0 Å². The van der Waals surface area contributed by atoms with Gasteiger partial charge < -0.3 is 0 Å². The van der Waals surface area contributed by atoms with Gasteiger partial charge in [0.1, 0.15) is 9.84 Å². The summed E-state index contributed by atoms with van der Waals surface area (Å²) in [6, 6.07) is 0. The normalized spacial score (nSPS) is 23.3. The summed E-state index contributed by atoms with van der Waals surface area (Å²) in [5, 5.41) is 0. The van der Waals surface area contributed by atoms with Gasteiger partial charge in [-0.05, 0) is 12.8 Å². The van der Waals surface area contributed by atoms with Crippen LogP contribution in [0.3, 0.4) is 0 Å². The van der Waals surface area contributed by atoms with E-state index < -0.39 is 15.6 Å². The number of sulfone groups is 1. The van der Waals surface area contributed by atoms with Gasteiger partial charge >= 0.3 is 0 Å². The van der Waals surface area contributed by atoms with Crippen molar-refractivity contribution in [3.8, 4) is 0 Å². The highest BCUT2D eigenvalue weighted by atomic mass is 32.2. The molecule has 0 N–H and O–H groups in total. The molecule has 0 bridgehead atoms. The van der Waals surface area contributed by atoms with E-state index >= 15 is 0 Å². The summed E-state index contributed by atoms with van der Waals surface area (Å²) < 4.78 is 21.8. The van der Waals surface area contributed by atoms with E-state index in [-0.39, 0.29) is 23.7 Å². The molecule has 4 nitrogen and oxygen atoms in total. The monoisotopic (exact) mass is 190 g/mol. The van der Waals surface area contributed by atoms with Gasteiger partial charge in [0.05, 0.1) is 11.5 Å². The number of carbonyl (C=O) groups excluding carboxylic acids is 2. The van der Waals surface area contributed by atoms with Crippen molar-refractivity contribution in [3.63, 3.8) is 0 Å². The molecule has 0 amide bonds. The number of carbonyl (C=O) groups is 2. The third kappa shape index (κ3) is 2.14. The van der Waals surface area contributed by atoms with Crippen LogP contribution in [0, 0.1) is 5.92 Å². The zero-order chi connectivity index (χ0) is 9.19. The Morgan fingerprint density at radius 2 is 1.75 bits per heavy atom. The summed E-state index contributed by atoms with van der Waals surface area (Å²) in [6.07, 6.45) is 0.891. The molecule has 12 heavy (non-hydrogen) atoms. The Morgan fingerprint density at radius 1 is 1.25 bits per heavy atom. The Balaban J connectivity index is 2.57. The summed E-state index contributed by atoms with van der Waals surface area (Å²) in [6.45, 7) is 0. The van der Waals surface area contributed by atoms with Gasteiger partial charge in [0, 0.05) is 5.92 Å². The molecule has 0 saturated carbocycles. The van der Waals surface area contributed by atoms with Gasteiger partial charge in [0.15, 0.2) is 12.1 Å². The van der Waals surface area contributed by atoms with Crippen molar-refractivity contribution in [1.29, 1.82) is 0 Å². The zero-order valence-corrected chi connectivity index (χ0v) is 7.34. The van der Waals surface area contributed by atoms with Crippen LogP contribution >= 0.6 is 0 Å². The van der Waals surface area contributed by atoms with Crippen molar-refractivity contribution < 1.29 is 18.0 Å². The van der Waals surface area contributed by atoms with Crippen LogP contribution in [-0.2, 0) is 19.4 Å². The van der Waals surface area contributed by atoms with Crippen LogP contribution in [0.25, 0.3) is 0 Å². The third-order valence-electron chi connectivity index (χ3n) is 2.07. The van der Waals surface area contributed by atoms with Gasteiger partial charge in [-0.25, -0.2) is 8.42 Å². The molecular weight excluding hydrogens is 180 g/mol. The minimum absolute atomic E-state index is 0.0389. The molecule has 0 aromatic carbocycles. The van der Waals surface area contributed by atoms with Gasteiger partial charge in [-0.1, -0.05) is 0 Å². The molecule has 1 rings (SSSR count). The zero-order valence-electron chi connectivity index (χ0n) is 6.52. The second kappa shape index (κ2) is 3.35. The first-order chi connectivity index (χ1) is 5.55. The molecule has 1 fully saturated rings. The number of rotatable bonds is 2. The highest BCUT2D eigenvalue weighted by Gasteiger charge is 2.27. The van der Waals surface area contributed by atoms with E-state index in [2.05, 4.69) is 0 Å². The highest BCUT2D eigenvalue weighted by molar-refractivity contribution is 7.91. The largest absolute Gasteiger partial charge is 0.295 e. The van der Waals surface area contributed by atoms with Crippen molar-refractivity contribution in [2.45, 2.75) is 12.8 Å². The first-order valence-corrected chi connectivity index (χ1v) is 5.57. The second-order valence-corrected chi connectivity index (χ2v) is 5.25. The van der Waals surface area contributed by atoms with E-state index in [1.807, 2.05) is 0 Å². The van der Waals surface area contributed by atoms with Gasteiger partial charge in [-0.15, -0.1) is 0 Å². The molecule has 0 aliphatic carbocycles. The quantitative estimate of drug-likeness (QED) is 0.438. The fraction of sp³-hybridized carbons (Fsp3) is 0.714. The first-order valence-electron chi connectivity index (χ1n) is 3.74. The molecule has 0 aromatic rings. The van der Waals surface area contributed by atoms with Gasteiger partial charge in [0.25, 0.3) is 0 Å². The van der Waals surface area contributed by atoms with Crippen molar-refractivity contribution >= 4 is 21.9 Å². The summed E-state index contributed by atoms with van der Waals surface area (Å²) in [7, 11) is -2.93. The van der Waals surface area contributed by atoms with E-state index in [9.17, 15) is 18.0 Å². The van der Waals surface area contributed by atoms with Crippen molar-refractivity contribution in [3.05, 3.63) is 0 Å². The average Bonchev–Trinajstić information content (AvgIpc) is 2.03. The van der Waals surface area contributed by atoms with Crippen LogP contribution in [0.15, 0.2) is 0 Å². The van der Waals surface area contributed by atoms with Crippen LogP contribution < -0.4 is 0 Å². The topological polar surface area (TPSA) is 68.3 Å². The minimum Gasteiger partial charge on any atom is -0.295 e. The molecule has 5 heteroatoms. The smallest absolute Gasteiger partial charge is 0.198 e. The molecular formula is C7H10O4S. The maximum atomic E-state index is 10.9. The summed E-state index contributed by atoms with van der Waals surface area (Å²) in [4.78, 5) is 20.9. The van der Waals surface area contributed by atoms with E-state index in [1.54, 1.807) is 0 Å². The molecule has 1 aliphatic heterocycles.